The van der Waals surface area contributed by atoms with E-state index < -0.39 is 0 Å². The van der Waals surface area contributed by atoms with Gasteiger partial charge in [-0.2, -0.15) is 0 Å². The number of hydrogen-bond acceptors (Lipinski definition) is 4. The predicted molar refractivity (Wildman–Crippen MR) is 73.5 cm³/mol. The first-order valence-electron chi connectivity index (χ1n) is 7.64. The molecule has 19 heavy (non-hydrogen) atoms. The summed E-state index contributed by atoms with van der Waals surface area (Å²) in [5.74, 6) is 1.74. The Morgan fingerprint density at radius 2 is 2.05 bits per heavy atom. The standard InChI is InChI=1S/C15H22N4/c16-12-2-1-3-13(6-12)19-8-11-7-17-15(10-4-5-10)18-14(11)9-19/h7,10,12-13H,1-6,8-9,16H2/t12-,13+/m1/s1. The molecule has 2 aliphatic carbocycles. The van der Waals surface area contributed by atoms with Crippen LogP contribution in [0.4, 0.5) is 0 Å². The molecule has 0 spiro atoms. The molecule has 0 unspecified atom stereocenters. The van der Waals surface area contributed by atoms with Crippen molar-refractivity contribution in [3.8, 4) is 0 Å². The van der Waals surface area contributed by atoms with Crippen LogP contribution in [0, 0.1) is 0 Å². The molecule has 102 valence electrons. The quantitative estimate of drug-likeness (QED) is 0.881. The molecule has 0 amide bonds. The predicted octanol–water partition coefficient (Wildman–Crippen LogP) is 1.94. The van der Waals surface area contributed by atoms with Crippen LogP contribution in [-0.2, 0) is 13.1 Å². The van der Waals surface area contributed by atoms with Crippen LogP contribution >= 0.6 is 0 Å². The molecule has 2 atom stereocenters. The third-order valence-corrected chi connectivity index (χ3v) is 4.85. The molecule has 0 radical (unpaired) electrons. The third-order valence-electron chi connectivity index (χ3n) is 4.85. The van der Waals surface area contributed by atoms with Crippen molar-refractivity contribution in [1.29, 1.82) is 0 Å². The molecule has 2 N–H and O–H groups in total. The first-order chi connectivity index (χ1) is 9.29. The fourth-order valence-electron chi connectivity index (χ4n) is 3.52. The molecule has 1 aromatic rings. The molecule has 1 aromatic heterocycles. The van der Waals surface area contributed by atoms with E-state index in [0.717, 1.165) is 25.3 Å². The van der Waals surface area contributed by atoms with E-state index in [2.05, 4.69) is 16.1 Å². The number of nitrogens with two attached hydrogens (primary N) is 1. The summed E-state index contributed by atoms with van der Waals surface area (Å²) in [6, 6.07) is 1.05. The zero-order valence-electron chi connectivity index (χ0n) is 11.4. The maximum atomic E-state index is 6.12. The fourth-order valence-corrected chi connectivity index (χ4v) is 3.52. The van der Waals surface area contributed by atoms with Gasteiger partial charge in [-0.3, -0.25) is 4.90 Å². The molecule has 3 aliphatic rings. The Morgan fingerprint density at radius 1 is 1.16 bits per heavy atom. The highest BCUT2D eigenvalue weighted by atomic mass is 15.2. The number of nitrogens with zero attached hydrogens (tertiary/aromatic N) is 3. The molecule has 2 fully saturated rings. The smallest absolute Gasteiger partial charge is 0.131 e. The summed E-state index contributed by atoms with van der Waals surface area (Å²) in [6.45, 7) is 2.03. The highest BCUT2D eigenvalue weighted by Crippen LogP contribution is 2.39. The van der Waals surface area contributed by atoms with Crippen molar-refractivity contribution in [2.75, 3.05) is 0 Å². The van der Waals surface area contributed by atoms with Gasteiger partial charge < -0.3 is 5.73 Å². The van der Waals surface area contributed by atoms with E-state index in [4.69, 9.17) is 10.7 Å². The average molecular weight is 258 g/mol. The van der Waals surface area contributed by atoms with E-state index in [1.807, 2.05) is 0 Å². The second-order valence-electron chi connectivity index (χ2n) is 6.46. The van der Waals surface area contributed by atoms with Crippen LogP contribution in [0.5, 0.6) is 0 Å². The van der Waals surface area contributed by atoms with Gasteiger partial charge in [0.15, 0.2) is 0 Å². The monoisotopic (exact) mass is 258 g/mol. The number of fused-ring (bicyclic) bond motifs is 1. The van der Waals surface area contributed by atoms with Crippen LogP contribution in [0.2, 0.25) is 0 Å². The molecule has 2 heterocycles. The lowest BCUT2D eigenvalue weighted by Crippen LogP contribution is -2.40. The topological polar surface area (TPSA) is 55.0 Å². The number of hydrogen-bond donors (Lipinski definition) is 1. The molecular weight excluding hydrogens is 236 g/mol. The summed E-state index contributed by atoms with van der Waals surface area (Å²) >= 11 is 0. The second-order valence-corrected chi connectivity index (χ2v) is 6.46. The summed E-state index contributed by atoms with van der Waals surface area (Å²) < 4.78 is 0. The summed E-state index contributed by atoms with van der Waals surface area (Å²) in [5.41, 5.74) is 8.73. The van der Waals surface area contributed by atoms with Gasteiger partial charge in [0, 0.05) is 42.9 Å². The normalized spacial score (nSPS) is 31.4. The Labute approximate surface area is 114 Å². The Bertz CT molecular complexity index is 483. The van der Waals surface area contributed by atoms with Crippen LogP contribution in [0.15, 0.2) is 6.20 Å². The molecule has 0 bridgehead atoms. The summed E-state index contributed by atoms with van der Waals surface area (Å²) in [4.78, 5) is 11.9. The van der Waals surface area contributed by atoms with E-state index >= 15 is 0 Å². The van der Waals surface area contributed by atoms with Gasteiger partial charge in [-0.15, -0.1) is 0 Å². The minimum atomic E-state index is 0.399. The van der Waals surface area contributed by atoms with Crippen molar-refractivity contribution in [1.82, 2.24) is 14.9 Å². The molecule has 4 heteroatoms. The number of aromatic nitrogens is 2. The highest BCUT2D eigenvalue weighted by Gasteiger charge is 2.32. The van der Waals surface area contributed by atoms with Crippen molar-refractivity contribution in [2.24, 2.45) is 5.73 Å². The lowest BCUT2D eigenvalue weighted by molar-refractivity contribution is 0.146. The van der Waals surface area contributed by atoms with Crippen molar-refractivity contribution < 1.29 is 0 Å². The van der Waals surface area contributed by atoms with Crippen molar-refractivity contribution in [3.05, 3.63) is 23.3 Å². The minimum absolute atomic E-state index is 0.399. The van der Waals surface area contributed by atoms with Gasteiger partial charge in [0.25, 0.3) is 0 Å². The maximum absolute atomic E-state index is 6.12. The van der Waals surface area contributed by atoms with E-state index in [1.165, 1.54) is 43.4 Å². The van der Waals surface area contributed by atoms with Crippen molar-refractivity contribution >= 4 is 0 Å². The van der Waals surface area contributed by atoms with Gasteiger partial charge >= 0.3 is 0 Å². The second kappa shape index (κ2) is 4.53. The van der Waals surface area contributed by atoms with Crippen molar-refractivity contribution in [3.63, 3.8) is 0 Å². The first-order valence-corrected chi connectivity index (χ1v) is 7.64. The zero-order valence-corrected chi connectivity index (χ0v) is 11.4. The fraction of sp³-hybridized carbons (Fsp3) is 0.733. The SMILES string of the molecule is N[C@@H]1CCC[C@H](N2Cc3cnc(C4CC4)nc3C2)C1. The number of rotatable bonds is 2. The minimum Gasteiger partial charge on any atom is -0.328 e. The Morgan fingerprint density at radius 3 is 2.84 bits per heavy atom. The van der Waals surface area contributed by atoms with Crippen molar-refractivity contribution in [2.45, 2.75) is 69.6 Å². The molecule has 4 nitrogen and oxygen atoms in total. The molecule has 2 saturated carbocycles. The third kappa shape index (κ3) is 2.28. The van der Waals surface area contributed by atoms with Gasteiger partial charge in [-0.25, -0.2) is 9.97 Å². The van der Waals surface area contributed by atoms with E-state index in [0.29, 0.717) is 18.0 Å². The largest absolute Gasteiger partial charge is 0.328 e. The van der Waals surface area contributed by atoms with Crippen LogP contribution in [0.25, 0.3) is 0 Å². The highest BCUT2D eigenvalue weighted by molar-refractivity contribution is 5.24. The first kappa shape index (κ1) is 11.8. The van der Waals surface area contributed by atoms with Gasteiger partial charge in [0.1, 0.15) is 5.82 Å². The van der Waals surface area contributed by atoms with Gasteiger partial charge in [0.2, 0.25) is 0 Å². The van der Waals surface area contributed by atoms with Crippen LogP contribution in [0.1, 0.15) is 61.5 Å². The summed E-state index contributed by atoms with van der Waals surface area (Å²) in [5, 5.41) is 0. The molecule has 4 rings (SSSR count). The van der Waals surface area contributed by atoms with Crippen LogP contribution in [-0.4, -0.2) is 27.0 Å². The van der Waals surface area contributed by atoms with Gasteiger partial charge in [-0.1, -0.05) is 6.42 Å². The molecule has 0 saturated heterocycles. The Hall–Kier alpha value is -1.00. The van der Waals surface area contributed by atoms with E-state index in [1.54, 1.807) is 0 Å². The molecule has 1 aliphatic heterocycles. The summed E-state index contributed by atoms with van der Waals surface area (Å²) in [6.07, 6.45) is 9.54. The zero-order chi connectivity index (χ0) is 12.8. The average Bonchev–Trinajstić information content (AvgIpc) is 3.17. The Balaban J connectivity index is 1.50. The Kier molecular flexibility index (Phi) is 2.81. The molecular formula is C15H22N4. The van der Waals surface area contributed by atoms with Gasteiger partial charge in [-0.05, 0) is 32.1 Å². The van der Waals surface area contributed by atoms with Crippen LogP contribution in [0.3, 0.4) is 0 Å². The summed E-state index contributed by atoms with van der Waals surface area (Å²) in [7, 11) is 0. The maximum Gasteiger partial charge on any atom is 0.131 e. The lowest BCUT2D eigenvalue weighted by Gasteiger charge is -2.33. The molecule has 0 aromatic carbocycles. The van der Waals surface area contributed by atoms with E-state index in [-0.39, 0.29) is 0 Å². The lowest BCUT2D eigenvalue weighted by atomic mass is 9.91. The van der Waals surface area contributed by atoms with Crippen LogP contribution < -0.4 is 5.73 Å². The van der Waals surface area contributed by atoms with E-state index in [9.17, 15) is 0 Å². The van der Waals surface area contributed by atoms with Gasteiger partial charge in [0.05, 0.1) is 5.69 Å².